The third kappa shape index (κ3) is 16.4. The van der Waals surface area contributed by atoms with Gasteiger partial charge < -0.3 is 0 Å². The highest BCUT2D eigenvalue weighted by Gasteiger charge is 2.06. The van der Waals surface area contributed by atoms with Crippen LogP contribution < -0.4 is 0 Å². The van der Waals surface area contributed by atoms with E-state index in [0.29, 0.717) is 5.12 Å². The van der Waals surface area contributed by atoms with Gasteiger partial charge in [-0.3, -0.25) is 4.79 Å². The van der Waals surface area contributed by atoms with Crippen LogP contribution in [-0.2, 0) is 4.79 Å². The molecule has 0 radical (unpaired) electrons. The second kappa shape index (κ2) is 17.4. The van der Waals surface area contributed by atoms with Crippen molar-refractivity contribution in [2.24, 2.45) is 5.92 Å². The Bertz CT molecular complexity index is 238. The fraction of sp³-hybridized carbons (Fsp3) is 0.950. The zero-order valence-corrected chi connectivity index (χ0v) is 16.3. The molecule has 0 aliphatic carbocycles. The molecule has 0 aromatic carbocycles. The van der Waals surface area contributed by atoms with E-state index in [4.69, 9.17) is 0 Å². The van der Waals surface area contributed by atoms with E-state index in [1.807, 2.05) is 13.8 Å². The largest absolute Gasteiger partial charge is 0.287 e. The van der Waals surface area contributed by atoms with E-state index in [-0.39, 0.29) is 5.92 Å². The molecule has 0 aromatic heterocycles. The van der Waals surface area contributed by atoms with Gasteiger partial charge in [0.25, 0.3) is 0 Å². The molecule has 0 saturated heterocycles. The zero-order valence-electron chi connectivity index (χ0n) is 15.5. The van der Waals surface area contributed by atoms with Gasteiger partial charge in [-0.15, -0.1) is 0 Å². The monoisotopic (exact) mass is 328 g/mol. The molecule has 0 aliphatic rings. The molecule has 132 valence electrons. The fourth-order valence-electron chi connectivity index (χ4n) is 2.64. The zero-order chi connectivity index (χ0) is 16.5. The maximum absolute atomic E-state index is 11.4. The molecule has 0 rings (SSSR count). The Labute approximate surface area is 144 Å². The van der Waals surface area contributed by atoms with E-state index in [1.165, 1.54) is 102 Å². The highest BCUT2D eigenvalue weighted by molar-refractivity contribution is 8.13. The second-order valence-electron chi connectivity index (χ2n) is 6.92. The molecular weight excluding hydrogens is 288 g/mol. The maximum Gasteiger partial charge on any atom is 0.191 e. The topological polar surface area (TPSA) is 17.1 Å². The molecule has 0 amide bonds. The van der Waals surface area contributed by atoms with Crippen molar-refractivity contribution in [1.82, 2.24) is 0 Å². The number of hydrogen-bond donors (Lipinski definition) is 0. The summed E-state index contributed by atoms with van der Waals surface area (Å²) in [4.78, 5) is 11.4. The quantitative estimate of drug-likeness (QED) is 0.275. The van der Waals surface area contributed by atoms with Crippen molar-refractivity contribution in [2.45, 2.75) is 111 Å². The Balaban J connectivity index is 3.04. The van der Waals surface area contributed by atoms with Crippen LogP contribution in [0.4, 0.5) is 0 Å². The van der Waals surface area contributed by atoms with Crippen LogP contribution in [0, 0.1) is 5.92 Å². The Morgan fingerprint density at radius 2 is 1.05 bits per heavy atom. The van der Waals surface area contributed by atoms with Crippen molar-refractivity contribution in [3.05, 3.63) is 0 Å². The first kappa shape index (κ1) is 22.0. The summed E-state index contributed by atoms with van der Waals surface area (Å²) >= 11 is 1.53. The highest BCUT2D eigenvalue weighted by atomic mass is 32.2. The molecule has 0 unspecified atom stereocenters. The predicted molar refractivity (Wildman–Crippen MR) is 103 cm³/mol. The molecule has 0 atom stereocenters. The van der Waals surface area contributed by atoms with Gasteiger partial charge in [-0.05, 0) is 6.42 Å². The van der Waals surface area contributed by atoms with Gasteiger partial charge in [-0.1, -0.05) is 116 Å². The Morgan fingerprint density at radius 3 is 1.41 bits per heavy atom. The number of rotatable bonds is 16. The molecule has 0 saturated carbocycles. The van der Waals surface area contributed by atoms with E-state index in [2.05, 4.69) is 6.92 Å². The van der Waals surface area contributed by atoms with Gasteiger partial charge in [-0.25, -0.2) is 0 Å². The first-order valence-electron chi connectivity index (χ1n) is 9.85. The van der Waals surface area contributed by atoms with Crippen LogP contribution in [0.2, 0.25) is 0 Å². The van der Waals surface area contributed by atoms with Crippen LogP contribution in [-0.4, -0.2) is 10.9 Å². The molecule has 0 aliphatic heterocycles. The second-order valence-corrected chi connectivity index (χ2v) is 8.02. The third-order valence-corrected chi connectivity index (χ3v) is 5.46. The number of carbonyl (C=O) groups is 1. The molecule has 2 heteroatoms. The lowest BCUT2D eigenvalue weighted by molar-refractivity contribution is -0.113. The molecular formula is C20H40OS. The summed E-state index contributed by atoms with van der Waals surface area (Å²) in [5.41, 5.74) is 0. The van der Waals surface area contributed by atoms with Crippen molar-refractivity contribution >= 4 is 16.9 Å². The lowest BCUT2D eigenvalue weighted by Crippen LogP contribution is -2.02. The summed E-state index contributed by atoms with van der Waals surface area (Å²) in [6.07, 6.45) is 19.5. The van der Waals surface area contributed by atoms with E-state index in [9.17, 15) is 4.79 Å². The van der Waals surface area contributed by atoms with Crippen molar-refractivity contribution in [3.8, 4) is 0 Å². The molecule has 0 fully saturated rings. The number of thioether (sulfide) groups is 1. The smallest absolute Gasteiger partial charge is 0.191 e. The van der Waals surface area contributed by atoms with Crippen LogP contribution >= 0.6 is 11.8 Å². The number of carbonyl (C=O) groups excluding carboxylic acids is 1. The van der Waals surface area contributed by atoms with Crippen LogP contribution in [0.3, 0.4) is 0 Å². The van der Waals surface area contributed by atoms with E-state index in [1.54, 1.807) is 0 Å². The Kier molecular flexibility index (Phi) is 17.4. The summed E-state index contributed by atoms with van der Waals surface area (Å²) in [5, 5.41) is 0.356. The van der Waals surface area contributed by atoms with E-state index in [0.717, 1.165) is 5.75 Å². The average Bonchev–Trinajstić information content (AvgIpc) is 2.50. The lowest BCUT2D eigenvalue weighted by atomic mass is 10.0. The van der Waals surface area contributed by atoms with Gasteiger partial charge in [0.15, 0.2) is 5.12 Å². The molecule has 0 spiro atoms. The summed E-state index contributed by atoms with van der Waals surface area (Å²) in [6.45, 7) is 6.26. The molecule has 1 nitrogen and oxygen atoms in total. The number of unbranched alkanes of at least 4 members (excludes halogenated alkanes) is 13. The van der Waals surface area contributed by atoms with Gasteiger partial charge in [0.2, 0.25) is 0 Å². The van der Waals surface area contributed by atoms with Gasteiger partial charge >= 0.3 is 0 Å². The van der Waals surface area contributed by atoms with Gasteiger partial charge in [0.1, 0.15) is 0 Å². The van der Waals surface area contributed by atoms with Crippen molar-refractivity contribution in [3.63, 3.8) is 0 Å². The normalized spacial score (nSPS) is 11.3. The van der Waals surface area contributed by atoms with Crippen LogP contribution in [0.1, 0.15) is 111 Å². The first-order chi connectivity index (χ1) is 10.7. The Morgan fingerprint density at radius 1 is 0.682 bits per heavy atom. The van der Waals surface area contributed by atoms with E-state index < -0.39 is 0 Å². The van der Waals surface area contributed by atoms with Gasteiger partial charge in [0, 0.05) is 11.7 Å². The lowest BCUT2D eigenvalue weighted by Gasteiger charge is -2.04. The van der Waals surface area contributed by atoms with E-state index >= 15 is 0 Å². The maximum atomic E-state index is 11.4. The predicted octanol–water partition coefficient (Wildman–Crippen LogP) is 7.38. The minimum Gasteiger partial charge on any atom is -0.287 e. The molecule has 0 bridgehead atoms. The summed E-state index contributed by atoms with van der Waals surface area (Å²) in [7, 11) is 0. The molecule has 0 heterocycles. The first-order valence-corrected chi connectivity index (χ1v) is 10.8. The average molecular weight is 329 g/mol. The van der Waals surface area contributed by atoms with Crippen LogP contribution in [0.5, 0.6) is 0 Å². The minimum absolute atomic E-state index is 0.191. The summed E-state index contributed by atoms with van der Waals surface area (Å²) in [6, 6.07) is 0. The van der Waals surface area contributed by atoms with Crippen molar-refractivity contribution in [2.75, 3.05) is 5.75 Å². The number of hydrogen-bond acceptors (Lipinski definition) is 2. The Hall–Kier alpha value is 0.0200. The molecule has 0 N–H and O–H groups in total. The van der Waals surface area contributed by atoms with Crippen LogP contribution in [0.25, 0.3) is 0 Å². The summed E-state index contributed by atoms with van der Waals surface area (Å²) in [5.74, 6) is 1.21. The standard InChI is InChI=1S/C20H40OS/c1-4-5-6-7-8-9-10-11-12-13-14-15-16-17-18-22-20(21)19(2)3/h19H,4-18H2,1-3H3. The SMILES string of the molecule is CCCCCCCCCCCCCCCCSC(=O)C(C)C. The minimum atomic E-state index is 0.191. The molecule has 0 aromatic rings. The fourth-order valence-corrected chi connectivity index (χ4v) is 3.52. The van der Waals surface area contributed by atoms with Crippen LogP contribution in [0.15, 0.2) is 0 Å². The van der Waals surface area contributed by atoms with Crippen molar-refractivity contribution < 1.29 is 4.79 Å². The van der Waals surface area contributed by atoms with Gasteiger partial charge in [-0.2, -0.15) is 0 Å². The third-order valence-electron chi connectivity index (χ3n) is 4.21. The van der Waals surface area contributed by atoms with Crippen molar-refractivity contribution in [1.29, 1.82) is 0 Å². The summed E-state index contributed by atoms with van der Waals surface area (Å²) < 4.78 is 0. The highest BCUT2D eigenvalue weighted by Crippen LogP contribution is 2.15. The molecule has 22 heavy (non-hydrogen) atoms. The van der Waals surface area contributed by atoms with Gasteiger partial charge in [0.05, 0.1) is 0 Å².